The summed E-state index contributed by atoms with van der Waals surface area (Å²) < 4.78 is 4.69. The van der Waals surface area contributed by atoms with Gasteiger partial charge in [0.15, 0.2) is 0 Å². The third kappa shape index (κ3) is 4.50. The average molecular weight is 268 g/mol. The van der Waals surface area contributed by atoms with Crippen LogP contribution in [0, 0.1) is 12.3 Å². The maximum absolute atomic E-state index is 11.8. The number of carboxylic acid groups (broad SMARTS) is 1. The summed E-state index contributed by atoms with van der Waals surface area (Å²) in [4.78, 5) is 35.1. The summed E-state index contributed by atoms with van der Waals surface area (Å²) in [5.74, 6) is 0.848. The fourth-order valence-electron chi connectivity index (χ4n) is 1.82. The zero-order chi connectivity index (χ0) is 14.3. The van der Waals surface area contributed by atoms with Gasteiger partial charge >= 0.3 is 12.1 Å². The van der Waals surface area contributed by atoms with Gasteiger partial charge < -0.3 is 20.1 Å². The molecule has 0 aromatic heterocycles. The van der Waals surface area contributed by atoms with Crippen molar-refractivity contribution >= 4 is 18.0 Å². The normalized spacial score (nSPS) is 17.6. The molecule has 2 N–H and O–H groups in total. The van der Waals surface area contributed by atoms with Gasteiger partial charge in [-0.3, -0.25) is 4.79 Å². The largest absolute Gasteiger partial charge is 0.480 e. The Labute approximate surface area is 110 Å². The van der Waals surface area contributed by atoms with Crippen LogP contribution in [0.2, 0.25) is 0 Å². The van der Waals surface area contributed by atoms with Gasteiger partial charge in [0, 0.05) is 13.0 Å². The molecule has 0 spiro atoms. The van der Waals surface area contributed by atoms with E-state index in [2.05, 4.69) is 11.2 Å². The van der Waals surface area contributed by atoms with Gasteiger partial charge in [0.1, 0.15) is 19.2 Å². The Bertz CT molecular complexity index is 401. The number of terminal acetylenes is 1. The molecule has 1 heterocycles. The number of ether oxygens (including phenoxy) is 1. The molecule has 0 radical (unpaired) electrons. The molecule has 0 unspecified atom stereocenters. The number of aliphatic carboxylic acids is 1. The van der Waals surface area contributed by atoms with Gasteiger partial charge in [0.05, 0.1) is 0 Å². The second kappa shape index (κ2) is 7.26. The lowest BCUT2D eigenvalue weighted by Gasteiger charge is -2.21. The molecule has 2 amide bonds. The number of hydrogen-bond donors (Lipinski definition) is 2. The average Bonchev–Trinajstić information content (AvgIpc) is 2.85. The monoisotopic (exact) mass is 268 g/mol. The van der Waals surface area contributed by atoms with Gasteiger partial charge in [-0.1, -0.05) is 0 Å². The summed E-state index contributed by atoms with van der Waals surface area (Å²) in [5.41, 5.74) is 0. The molecule has 0 aliphatic carbocycles. The Hall–Kier alpha value is -2.23. The first-order chi connectivity index (χ1) is 9.06. The first-order valence-corrected chi connectivity index (χ1v) is 5.92. The maximum Gasteiger partial charge on any atom is 0.407 e. The Balaban J connectivity index is 2.33. The molecule has 7 heteroatoms. The van der Waals surface area contributed by atoms with E-state index in [1.165, 1.54) is 4.90 Å². The summed E-state index contributed by atoms with van der Waals surface area (Å²) in [6, 6.07) is -0.799. The molecule has 104 valence electrons. The van der Waals surface area contributed by atoms with Crippen molar-refractivity contribution in [2.45, 2.75) is 25.3 Å². The lowest BCUT2D eigenvalue weighted by Crippen LogP contribution is -2.45. The van der Waals surface area contributed by atoms with Crippen LogP contribution in [-0.4, -0.2) is 53.7 Å². The molecule has 1 fully saturated rings. The molecule has 0 bridgehead atoms. The Kier molecular flexibility index (Phi) is 5.67. The van der Waals surface area contributed by atoms with Crippen LogP contribution in [0.1, 0.15) is 19.3 Å². The van der Waals surface area contributed by atoms with E-state index in [0.29, 0.717) is 25.8 Å². The van der Waals surface area contributed by atoms with Crippen molar-refractivity contribution in [3.63, 3.8) is 0 Å². The number of hydrogen-bond acceptors (Lipinski definition) is 4. The number of nitrogens with one attached hydrogen (secondary N) is 1. The van der Waals surface area contributed by atoms with Gasteiger partial charge in [-0.25, -0.2) is 9.59 Å². The van der Waals surface area contributed by atoms with Crippen LogP contribution >= 0.6 is 0 Å². The highest BCUT2D eigenvalue weighted by atomic mass is 16.5. The molecule has 1 rings (SSSR count). The summed E-state index contributed by atoms with van der Waals surface area (Å²) in [6.45, 7) is 0.195. The topological polar surface area (TPSA) is 95.9 Å². The number of carbonyl (C=O) groups excluding carboxylic acids is 2. The predicted molar refractivity (Wildman–Crippen MR) is 65.2 cm³/mol. The van der Waals surface area contributed by atoms with Crippen LogP contribution in [0.5, 0.6) is 0 Å². The van der Waals surface area contributed by atoms with Gasteiger partial charge in [-0.2, -0.15) is 0 Å². The van der Waals surface area contributed by atoms with E-state index in [9.17, 15) is 14.4 Å². The number of carbonyl (C=O) groups is 3. The highest BCUT2D eigenvalue weighted by Crippen LogP contribution is 2.17. The Morgan fingerprint density at radius 1 is 1.47 bits per heavy atom. The number of rotatable bonds is 5. The summed E-state index contributed by atoms with van der Waals surface area (Å²) in [5, 5.41) is 11.2. The highest BCUT2D eigenvalue weighted by Gasteiger charge is 2.33. The molecular weight excluding hydrogens is 252 g/mol. The standard InChI is InChI=1S/C12H16N2O5/c1-2-3-7-19-12(18)13-8-10(15)14-6-4-5-9(14)11(16)17/h1,9H,3-8H2,(H,13,18)(H,16,17)/t9-/m1/s1. The SMILES string of the molecule is C#CCCOC(=O)NCC(=O)N1CCC[C@@H]1C(=O)O. The zero-order valence-electron chi connectivity index (χ0n) is 10.4. The van der Waals surface area contributed by atoms with E-state index in [4.69, 9.17) is 16.3 Å². The number of nitrogens with zero attached hydrogens (tertiary/aromatic N) is 1. The first-order valence-electron chi connectivity index (χ1n) is 5.92. The smallest absolute Gasteiger partial charge is 0.407 e. The Morgan fingerprint density at radius 3 is 2.84 bits per heavy atom. The van der Waals surface area contributed by atoms with Gasteiger partial charge in [0.25, 0.3) is 0 Å². The van der Waals surface area contributed by atoms with Crippen molar-refractivity contribution in [3.8, 4) is 12.3 Å². The van der Waals surface area contributed by atoms with Crippen LogP contribution < -0.4 is 5.32 Å². The van der Waals surface area contributed by atoms with Crippen molar-refractivity contribution in [2.75, 3.05) is 19.7 Å². The zero-order valence-corrected chi connectivity index (χ0v) is 10.4. The van der Waals surface area contributed by atoms with E-state index in [0.717, 1.165) is 0 Å². The van der Waals surface area contributed by atoms with Crippen LogP contribution in [-0.2, 0) is 14.3 Å². The van der Waals surface area contributed by atoms with E-state index >= 15 is 0 Å². The summed E-state index contributed by atoms with van der Waals surface area (Å²) in [6.07, 6.45) is 5.63. The minimum Gasteiger partial charge on any atom is -0.480 e. The third-order valence-corrected chi connectivity index (χ3v) is 2.72. The second-order valence-electron chi connectivity index (χ2n) is 4.03. The molecule has 1 atom stereocenters. The van der Waals surface area contributed by atoms with Crippen molar-refractivity contribution < 1.29 is 24.2 Å². The Morgan fingerprint density at radius 2 is 2.21 bits per heavy atom. The molecule has 0 aromatic rings. The number of carboxylic acids is 1. The van der Waals surface area contributed by atoms with Crippen molar-refractivity contribution in [1.82, 2.24) is 10.2 Å². The van der Waals surface area contributed by atoms with Crippen molar-refractivity contribution in [3.05, 3.63) is 0 Å². The first kappa shape index (κ1) is 14.8. The van der Waals surface area contributed by atoms with Gasteiger partial charge in [-0.05, 0) is 12.8 Å². The quantitative estimate of drug-likeness (QED) is 0.532. The molecule has 7 nitrogen and oxygen atoms in total. The van der Waals surface area contributed by atoms with Gasteiger partial charge in [-0.15, -0.1) is 12.3 Å². The third-order valence-electron chi connectivity index (χ3n) is 2.72. The van der Waals surface area contributed by atoms with E-state index in [1.54, 1.807) is 0 Å². The highest BCUT2D eigenvalue weighted by molar-refractivity contribution is 5.87. The van der Waals surface area contributed by atoms with Crippen molar-refractivity contribution in [2.24, 2.45) is 0 Å². The fraction of sp³-hybridized carbons (Fsp3) is 0.583. The molecule has 1 aliphatic heterocycles. The summed E-state index contributed by atoms with van der Waals surface area (Å²) >= 11 is 0. The van der Waals surface area contributed by atoms with E-state index in [1.807, 2.05) is 0 Å². The number of alkyl carbamates (subject to hydrolysis) is 1. The molecule has 19 heavy (non-hydrogen) atoms. The number of likely N-dealkylation sites (tertiary alicyclic amines) is 1. The van der Waals surface area contributed by atoms with Crippen LogP contribution in [0.25, 0.3) is 0 Å². The van der Waals surface area contributed by atoms with Crippen LogP contribution in [0.15, 0.2) is 0 Å². The van der Waals surface area contributed by atoms with Crippen LogP contribution in [0.3, 0.4) is 0 Å². The molecule has 0 aromatic carbocycles. The lowest BCUT2D eigenvalue weighted by atomic mass is 10.2. The van der Waals surface area contributed by atoms with E-state index in [-0.39, 0.29) is 13.2 Å². The van der Waals surface area contributed by atoms with Crippen molar-refractivity contribution in [1.29, 1.82) is 0 Å². The minimum absolute atomic E-state index is 0.0813. The lowest BCUT2D eigenvalue weighted by molar-refractivity contribution is -0.147. The molecule has 1 saturated heterocycles. The molecule has 1 aliphatic rings. The van der Waals surface area contributed by atoms with E-state index < -0.39 is 24.0 Å². The van der Waals surface area contributed by atoms with Crippen LogP contribution in [0.4, 0.5) is 4.79 Å². The minimum atomic E-state index is -1.03. The predicted octanol–water partition coefficient (Wildman–Crippen LogP) is -0.189. The van der Waals surface area contributed by atoms with Gasteiger partial charge in [0.2, 0.25) is 5.91 Å². The molecule has 0 saturated carbocycles. The fourth-order valence-corrected chi connectivity index (χ4v) is 1.82. The number of amides is 2. The second-order valence-corrected chi connectivity index (χ2v) is 4.03. The summed E-state index contributed by atoms with van der Waals surface area (Å²) in [7, 11) is 0. The molecular formula is C12H16N2O5. The maximum atomic E-state index is 11.8.